The molecular weight excluding hydrogens is 234 g/mol. The van der Waals surface area contributed by atoms with Gasteiger partial charge in [-0.3, -0.25) is 4.90 Å². The third-order valence-electron chi connectivity index (χ3n) is 4.74. The molecule has 1 aromatic rings. The second-order valence-electron chi connectivity index (χ2n) is 5.78. The van der Waals surface area contributed by atoms with Crippen molar-refractivity contribution >= 4 is 0 Å². The maximum absolute atomic E-state index is 8.87. The van der Waals surface area contributed by atoms with Gasteiger partial charge in [-0.05, 0) is 56.5 Å². The van der Waals surface area contributed by atoms with Gasteiger partial charge in [-0.2, -0.15) is 5.26 Å². The van der Waals surface area contributed by atoms with Crippen LogP contribution < -0.4 is 5.32 Å². The molecule has 0 radical (unpaired) electrons. The van der Waals surface area contributed by atoms with Gasteiger partial charge in [-0.1, -0.05) is 12.1 Å². The Morgan fingerprint density at radius 2 is 2.11 bits per heavy atom. The first kappa shape index (κ1) is 12.7. The number of fused-ring (bicyclic) bond motifs is 1. The number of nitriles is 1. The van der Waals surface area contributed by atoms with Crippen LogP contribution in [0.3, 0.4) is 0 Å². The molecule has 19 heavy (non-hydrogen) atoms. The van der Waals surface area contributed by atoms with E-state index < -0.39 is 0 Å². The molecule has 1 N–H and O–H groups in total. The van der Waals surface area contributed by atoms with E-state index in [-0.39, 0.29) is 0 Å². The molecule has 3 heteroatoms. The van der Waals surface area contributed by atoms with Gasteiger partial charge in [0.2, 0.25) is 0 Å². The maximum atomic E-state index is 8.87. The zero-order valence-corrected chi connectivity index (χ0v) is 11.5. The summed E-state index contributed by atoms with van der Waals surface area (Å²) >= 11 is 0. The Bertz CT molecular complexity index is 474. The average Bonchev–Trinajstić information content (AvgIpc) is 2.95. The lowest BCUT2D eigenvalue weighted by Gasteiger charge is -2.41. The van der Waals surface area contributed by atoms with E-state index in [1.54, 1.807) is 0 Å². The lowest BCUT2D eigenvalue weighted by Crippen LogP contribution is -2.46. The van der Waals surface area contributed by atoms with Gasteiger partial charge in [0.25, 0.3) is 0 Å². The number of benzene rings is 1. The molecule has 3 unspecified atom stereocenters. The van der Waals surface area contributed by atoms with Crippen LogP contribution in [0.2, 0.25) is 0 Å². The van der Waals surface area contributed by atoms with Crippen molar-refractivity contribution in [2.45, 2.75) is 31.8 Å². The molecule has 0 bridgehead atoms. The molecule has 0 aromatic heterocycles. The predicted octanol–water partition coefficient (Wildman–Crippen LogP) is 2.30. The Labute approximate surface area is 115 Å². The molecule has 0 saturated carbocycles. The molecule has 0 aliphatic carbocycles. The van der Waals surface area contributed by atoms with E-state index in [9.17, 15) is 0 Å². The van der Waals surface area contributed by atoms with Crippen LogP contribution >= 0.6 is 0 Å². The molecule has 0 amide bonds. The second-order valence-corrected chi connectivity index (χ2v) is 5.78. The zero-order chi connectivity index (χ0) is 13.2. The summed E-state index contributed by atoms with van der Waals surface area (Å²) in [5.74, 6) is 0.828. The minimum absolute atomic E-state index is 0.445. The summed E-state index contributed by atoms with van der Waals surface area (Å²) in [5.41, 5.74) is 2.07. The SMILES string of the molecule is CC(c1ccc(C#N)cc1)N1CCCC2CNCC21. The maximum Gasteiger partial charge on any atom is 0.0991 e. The molecule has 2 saturated heterocycles. The summed E-state index contributed by atoms with van der Waals surface area (Å²) < 4.78 is 0. The van der Waals surface area contributed by atoms with Crippen molar-refractivity contribution < 1.29 is 0 Å². The summed E-state index contributed by atoms with van der Waals surface area (Å²) in [6.45, 7) is 5.80. The van der Waals surface area contributed by atoms with Gasteiger partial charge in [0.15, 0.2) is 0 Å². The standard InChI is InChI=1S/C16H21N3/c1-12(14-6-4-13(9-17)5-7-14)19-8-2-3-15-10-18-11-16(15)19/h4-7,12,15-16,18H,2-3,8,10-11H2,1H3. The van der Waals surface area contributed by atoms with Gasteiger partial charge in [0, 0.05) is 18.6 Å². The second kappa shape index (κ2) is 5.32. The summed E-state index contributed by atoms with van der Waals surface area (Å²) in [6.07, 6.45) is 2.68. The molecule has 2 fully saturated rings. The lowest BCUT2D eigenvalue weighted by molar-refractivity contribution is 0.0847. The van der Waals surface area contributed by atoms with Crippen LogP contribution in [0.25, 0.3) is 0 Å². The molecule has 3 atom stereocenters. The van der Waals surface area contributed by atoms with Crippen LogP contribution in [-0.2, 0) is 0 Å². The molecule has 0 spiro atoms. The Morgan fingerprint density at radius 3 is 2.84 bits per heavy atom. The zero-order valence-electron chi connectivity index (χ0n) is 11.5. The molecule has 100 valence electrons. The van der Waals surface area contributed by atoms with E-state index in [1.807, 2.05) is 12.1 Å². The van der Waals surface area contributed by atoms with Gasteiger partial charge >= 0.3 is 0 Å². The average molecular weight is 255 g/mol. The smallest absolute Gasteiger partial charge is 0.0991 e. The molecule has 3 rings (SSSR count). The molecule has 2 heterocycles. The number of hydrogen-bond donors (Lipinski definition) is 1. The quantitative estimate of drug-likeness (QED) is 0.881. The van der Waals surface area contributed by atoms with Crippen molar-refractivity contribution in [3.8, 4) is 6.07 Å². The van der Waals surface area contributed by atoms with Gasteiger partial charge < -0.3 is 5.32 Å². The van der Waals surface area contributed by atoms with Crippen LogP contribution in [0.1, 0.15) is 36.9 Å². The normalized spacial score (nSPS) is 28.6. The van der Waals surface area contributed by atoms with Crippen LogP contribution in [-0.4, -0.2) is 30.6 Å². The first-order valence-electron chi connectivity index (χ1n) is 7.26. The Morgan fingerprint density at radius 1 is 1.32 bits per heavy atom. The molecule has 3 nitrogen and oxygen atoms in total. The monoisotopic (exact) mass is 255 g/mol. The summed E-state index contributed by atoms with van der Waals surface area (Å²) in [7, 11) is 0. The third kappa shape index (κ3) is 2.39. The Balaban J connectivity index is 1.78. The first-order valence-corrected chi connectivity index (χ1v) is 7.26. The minimum atomic E-state index is 0.445. The van der Waals surface area contributed by atoms with Crippen molar-refractivity contribution in [3.05, 3.63) is 35.4 Å². The topological polar surface area (TPSA) is 39.1 Å². The fourth-order valence-electron chi connectivity index (χ4n) is 3.61. The summed E-state index contributed by atoms with van der Waals surface area (Å²) in [4.78, 5) is 2.65. The molecular formula is C16H21N3. The van der Waals surface area contributed by atoms with Crippen LogP contribution in [0, 0.1) is 17.2 Å². The minimum Gasteiger partial charge on any atom is -0.315 e. The summed E-state index contributed by atoms with van der Waals surface area (Å²) in [6, 6.07) is 11.4. The Hall–Kier alpha value is -1.37. The van der Waals surface area contributed by atoms with E-state index in [2.05, 4.69) is 35.3 Å². The number of piperidine rings is 1. The van der Waals surface area contributed by atoms with Crippen molar-refractivity contribution in [1.29, 1.82) is 5.26 Å². The first-order chi connectivity index (χ1) is 9.29. The fraction of sp³-hybridized carbons (Fsp3) is 0.562. The van der Waals surface area contributed by atoms with Gasteiger partial charge in [0.1, 0.15) is 0 Å². The fourth-order valence-corrected chi connectivity index (χ4v) is 3.61. The lowest BCUT2D eigenvalue weighted by atomic mass is 9.89. The van der Waals surface area contributed by atoms with E-state index in [1.165, 1.54) is 31.5 Å². The highest BCUT2D eigenvalue weighted by molar-refractivity contribution is 5.32. The number of nitrogens with one attached hydrogen (secondary N) is 1. The Kier molecular flexibility index (Phi) is 3.54. The van der Waals surface area contributed by atoms with Gasteiger partial charge in [-0.15, -0.1) is 0 Å². The van der Waals surface area contributed by atoms with Crippen molar-refractivity contribution in [3.63, 3.8) is 0 Å². The van der Waals surface area contributed by atoms with E-state index in [4.69, 9.17) is 5.26 Å². The largest absolute Gasteiger partial charge is 0.315 e. The van der Waals surface area contributed by atoms with Crippen LogP contribution in [0.15, 0.2) is 24.3 Å². The van der Waals surface area contributed by atoms with Crippen molar-refractivity contribution in [2.24, 2.45) is 5.92 Å². The van der Waals surface area contributed by atoms with E-state index in [0.717, 1.165) is 18.0 Å². The predicted molar refractivity (Wildman–Crippen MR) is 75.7 cm³/mol. The van der Waals surface area contributed by atoms with Gasteiger partial charge in [-0.25, -0.2) is 0 Å². The van der Waals surface area contributed by atoms with E-state index in [0.29, 0.717) is 12.1 Å². The molecule has 2 aliphatic rings. The number of likely N-dealkylation sites (tertiary alicyclic amines) is 1. The van der Waals surface area contributed by atoms with Crippen LogP contribution in [0.5, 0.6) is 0 Å². The highest BCUT2D eigenvalue weighted by atomic mass is 15.2. The number of hydrogen-bond acceptors (Lipinski definition) is 3. The third-order valence-corrected chi connectivity index (χ3v) is 4.74. The molecule has 2 aliphatic heterocycles. The van der Waals surface area contributed by atoms with Crippen molar-refractivity contribution in [1.82, 2.24) is 10.2 Å². The number of rotatable bonds is 2. The highest BCUT2D eigenvalue weighted by Gasteiger charge is 2.37. The van der Waals surface area contributed by atoms with Gasteiger partial charge in [0.05, 0.1) is 11.6 Å². The summed E-state index contributed by atoms with van der Waals surface area (Å²) in [5, 5.41) is 12.4. The molecule has 1 aromatic carbocycles. The number of nitrogens with zero attached hydrogens (tertiary/aromatic N) is 2. The van der Waals surface area contributed by atoms with Crippen molar-refractivity contribution in [2.75, 3.05) is 19.6 Å². The van der Waals surface area contributed by atoms with Crippen LogP contribution in [0.4, 0.5) is 0 Å². The van der Waals surface area contributed by atoms with E-state index >= 15 is 0 Å². The highest BCUT2D eigenvalue weighted by Crippen LogP contribution is 2.33.